The number of nitrogens with zero attached hydrogens (tertiary/aromatic N) is 2. The van der Waals surface area contributed by atoms with Crippen molar-refractivity contribution < 1.29 is 9.53 Å². The minimum Gasteiger partial charge on any atom is -0.484 e. The molecule has 0 atom stereocenters. The Morgan fingerprint density at radius 3 is 2.39 bits per heavy atom. The van der Waals surface area contributed by atoms with E-state index >= 15 is 0 Å². The van der Waals surface area contributed by atoms with E-state index in [-0.39, 0.29) is 12.5 Å². The van der Waals surface area contributed by atoms with Crippen LogP contribution in [0.2, 0.25) is 0 Å². The van der Waals surface area contributed by atoms with E-state index in [2.05, 4.69) is 51.5 Å². The Morgan fingerprint density at radius 1 is 0.839 bits per heavy atom. The maximum Gasteiger partial charge on any atom is 0.257 e. The van der Waals surface area contributed by atoms with Crippen molar-refractivity contribution in [3.63, 3.8) is 0 Å². The van der Waals surface area contributed by atoms with Gasteiger partial charge in [-0.2, -0.15) is 0 Å². The van der Waals surface area contributed by atoms with Crippen LogP contribution in [0.5, 0.6) is 5.75 Å². The first kappa shape index (κ1) is 21.2. The minimum atomic E-state index is -0.0652. The van der Waals surface area contributed by atoms with Gasteiger partial charge in [0.05, 0.1) is 0 Å². The summed E-state index contributed by atoms with van der Waals surface area (Å²) < 4.78 is 5.65. The molecule has 1 N–H and O–H groups in total. The van der Waals surface area contributed by atoms with E-state index in [1.54, 1.807) is 0 Å². The number of fused-ring (bicyclic) bond motifs is 1. The zero-order valence-corrected chi connectivity index (χ0v) is 18.0. The third-order valence-corrected chi connectivity index (χ3v) is 5.81. The zero-order valence-electron chi connectivity index (χ0n) is 18.0. The highest BCUT2D eigenvalue weighted by molar-refractivity contribution is 5.84. The summed E-state index contributed by atoms with van der Waals surface area (Å²) in [5.74, 6) is 0.660. The highest BCUT2D eigenvalue weighted by atomic mass is 16.5. The molecule has 0 spiro atoms. The Bertz CT molecular complexity index is 969. The summed E-state index contributed by atoms with van der Waals surface area (Å²) in [4.78, 5) is 17.0. The van der Waals surface area contributed by atoms with Gasteiger partial charge >= 0.3 is 0 Å². The van der Waals surface area contributed by atoms with Crippen molar-refractivity contribution >= 4 is 22.4 Å². The summed E-state index contributed by atoms with van der Waals surface area (Å²) in [6.45, 7) is 6.19. The predicted molar refractivity (Wildman–Crippen MR) is 127 cm³/mol. The molecule has 162 valence electrons. The van der Waals surface area contributed by atoms with Crippen molar-refractivity contribution in [1.82, 2.24) is 10.2 Å². The lowest BCUT2D eigenvalue weighted by atomic mass is 10.1. The first-order valence-corrected chi connectivity index (χ1v) is 11.2. The van der Waals surface area contributed by atoms with E-state index in [0.717, 1.165) is 56.7 Å². The van der Waals surface area contributed by atoms with Crippen LogP contribution >= 0.6 is 0 Å². The maximum absolute atomic E-state index is 12.1. The standard InChI is InChI=1S/C26H31N3O2/c30-26(21-31-25-13-12-22-8-4-5-9-23(22)20-25)27-14-6-7-15-28-16-18-29(19-17-28)24-10-2-1-3-11-24/h1-5,8-13,20H,6-7,14-19,21H2,(H,27,30). The highest BCUT2D eigenvalue weighted by Gasteiger charge is 2.16. The van der Waals surface area contributed by atoms with Crippen LogP contribution in [-0.2, 0) is 4.79 Å². The van der Waals surface area contributed by atoms with Gasteiger partial charge in [0, 0.05) is 38.4 Å². The number of benzene rings is 3. The van der Waals surface area contributed by atoms with Gasteiger partial charge in [-0.1, -0.05) is 48.5 Å². The fourth-order valence-electron chi connectivity index (χ4n) is 4.01. The number of hydrogen-bond acceptors (Lipinski definition) is 4. The van der Waals surface area contributed by atoms with Crippen LogP contribution in [0.15, 0.2) is 72.8 Å². The molecule has 1 aliphatic heterocycles. The number of rotatable bonds is 9. The van der Waals surface area contributed by atoms with Crippen LogP contribution < -0.4 is 15.0 Å². The molecule has 0 saturated carbocycles. The molecule has 31 heavy (non-hydrogen) atoms. The van der Waals surface area contributed by atoms with Crippen LogP contribution in [0.1, 0.15) is 12.8 Å². The molecule has 3 aromatic rings. The number of hydrogen-bond donors (Lipinski definition) is 1. The third kappa shape index (κ3) is 6.22. The second-order valence-corrected chi connectivity index (χ2v) is 8.02. The molecule has 0 unspecified atom stereocenters. The average molecular weight is 418 g/mol. The molecule has 0 bridgehead atoms. The molecule has 1 aliphatic rings. The van der Waals surface area contributed by atoms with Crippen LogP contribution in [-0.4, -0.2) is 56.7 Å². The summed E-state index contributed by atoms with van der Waals surface area (Å²) in [5.41, 5.74) is 1.32. The van der Waals surface area contributed by atoms with E-state index in [1.807, 2.05) is 36.4 Å². The number of amides is 1. The minimum absolute atomic E-state index is 0.0553. The SMILES string of the molecule is O=C(COc1ccc2ccccc2c1)NCCCCN1CCN(c2ccccc2)CC1. The van der Waals surface area contributed by atoms with Crippen molar-refractivity contribution in [3.8, 4) is 5.75 Å². The van der Waals surface area contributed by atoms with E-state index in [4.69, 9.17) is 4.74 Å². The number of carbonyl (C=O) groups excluding carboxylic acids is 1. The molecule has 3 aromatic carbocycles. The van der Waals surface area contributed by atoms with Crippen LogP contribution in [0.25, 0.3) is 10.8 Å². The van der Waals surface area contributed by atoms with Gasteiger partial charge < -0.3 is 15.0 Å². The molecule has 0 radical (unpaired) electrons. The Hall–Kier alpha value is -3.05. The lowest BCUT2D eigenvalue weighted by Gasteiger charge is -2.36. The average Bonchev–Trinajstić information content (AvgIpc) is 2.83. The topological polar surface area (TPSA) is 44.8 Å². The van der Waals surface area contributed by atoms with Gasteiger partial charge in [0.15, 0.2) is 6.61 Å². The molecule has 5 nitrogen and oxygen atoms in total. The van der Waals surface area contributed by atoms with Crippen LogP contribution in [0.4, 0.5) is 5.69 Å². The number of carbonyl (C=O) groups is 1. The summed E-state index contributed by atoms with van der Waals surface area (Å²) in [7, 11) is 0. The summed E-state index contributed by atoms with van der Waals surface area (Å²) >= 11 is 0. The van der Waals surface area contributed by atoms with Gasteiger partial charge in [-0.25, -0.2) is 0 Å². The largest absolute Gasteiger partial charge is 0.484 e. The zero-order chi connectivity index (χ0) is 21.3. The van der Waals surface area contributed by atoms with E-state index < -0.39 is 0 Å². The summed E-state index contributed by atoms with van der Waals surface area (Å²) in [5, 5.41) is 5.25. The third-order valence-electron chi connectivity index (χ3n) is 5.81. The second kappa shape index (κ2) is 10.8. The summed E-state index contributed by atoms with van der Waals surface area (Å²) in [6.07, 6.45) is 2.08. The molecule has 4 rings (SSSR count). The first-order valence-electron chi connectivity index (χ1n) is 11.2. The van der Waals surface area contributed by atoms with Gasteiger partial charge in [-0.15, -0.1) is 0 Å². The Balaban J connectivity index is 1.07. The fraction of sp³-hybridized carbons (Fsp3) is 0.346. The van der Waals surface area contributed by atoms with Crippen LogP contribution in [0, 0.1) is 0 Å². The van der Waals surface area contributed by atoms with Gasteiger partial charge in [-0.05, 0) is 54.4 Å². The molecule has 0 aromatic heterocycles. The highest BCUT2D eigenvalue weighted by Crippen LogP contribution is 2.20. The van der Waals surface area contributed by atoms with E-state index in [1.165, 1.54) is 11.1 Å². The predicted octanol–water partition coefficient (Wildman–Crippen LogP) is 3.94. The normalized spacial score (nSPS) is 14.5. The van der Waals surface area contributed by atoms with Crippen molar-refractivity contribution in [1.29, 1.82) is 0 Å². The number of unbranched alkanes of at least 4 members (excludes halogenated alkanes) is 1. The molecule has 1 amide bonds. The molecule has 1 heterocycles. The van der Waals surface area contributed by atoms with Crippen molar-refractivity contribution in [2.24, 2.45) is 0 Å². The van der Waals surface area contributed by atoms with Crippen LogP contribution in [0.3, 0.4) is 0 Å². The van der Waals surface area contributed by atoms with Gasteiger partial charge in [0.2, 0.25) is 0 Å². The van der Waals surface area contributed by atoms with Gasteiger partial charge in [0.1, 0.15) is 5.75 Å². The lowest BCUT2D eigenvalue weighted by molar-refractivity contribution is -0.123. The Morgan fingerprint density at radius 2 is 1.58 bits per heavy atom. The Kier molecular flexibility index (Phi) is 7.40. The lowest BCUT2D eigenvalue weighted by Crippen LogP contribution is -2.46. The number of piperazine rings is 1. The monoisotopic (exact) mass is 417 g/mol. The molecular formula is C26H31N3O2. The summed E-state index contributed by atoms with van der Waals surface area (Å²) in [6, 6.07) is 24.7. The first-order chi connectivity index (χ1) is 15.3. The Labute approximate surface area is 184 Å². The van der Waals surface area contributed by atoms with Crippen molar-refractivity contribution in [2.45, 2.75) is 12.8 Å². The molecule has 1 saturated heterocycles. The van der Waals surface area contributed by atoms with Crippen molar-refractivity contribution in [2.75, 3.05) is 50.8 Å². The van der Waals surface area contributed by atoms with Gasteiger partial charge in [-0.3, -0.25) is 9.69 Å². The van der Waals surface area contributed by atoms with Crippen molar-refractivity contribution in [3.05, 3.63) is 72.8 Å². The quantitative estimate of drug-likeness (QED) is 0.536. The van der Waals surface area contributed by atoms with E-state index in [9.17, 15) is 4.79 Å². The number of para-hydroxylation sites is 1. The number of ether oxygens (including phenoxy) is 1. The molecular weight excluding hydrogens is 386 g/mol. The smallest absolute Gasteiger partial charge is 0.257 e. The molecule has 1 fully saturated rings. The second-order valence-electron chi connectivity index (χ2n) is 8.02. The maximum atomic E-state index is 12.1. The van der Waals surface area contributed by atoms with Gasteiger partial charge in [0.25, 0.3) is 5.91 Å². The number of nitrogens with one attached hydrogen (secondary N) is 1. The molecule has 0 aliphatic carbocycles. The fourth-order valence-corrected chi connectivity index (χ4v) is 4.01. The van der Waals surface area contributed by atoms with E-state index in [0.29, 0.717) is 6.54 Å². The molecule has 5 heteroatoms. The number of anilines is 1.